The van der Waals surface area contributed by atoms with E-state index in [1.54, 1.807) is 6.07 Å². The molecule has 4 heteroatoms. The highest BCUT2D eigenvalue weighted by atomic mass is 19.4. The molecule has 0 fully saturated rings. The predicted molar refractivity (Wildman–Crippen MR) is 77.2 cm³/mol. The summed E-state index contributed by atoms with van der Waals surface area (Å²) in [5, 5.41) is 3.09. The topological polar surface area (TPSA) is 12.0 Å². The number of fused-ring (bicyclic) bond motifs is 1. The van der Waals surface area contributed by atoms with Crippen molar-refractivity contribution in [3.8, 4) is 0 Å². The first-order valence-corrected chi connectivity index (χ1v) is 7.06. The predicted octanol–water partition coefficient (Wildman–Crippen LogP) is 5.19. The first-order chi connectivity index (χ1) is 10.1. The summed E-state index contributed by atoms with van der Waals surface area (Å²) in [6, 6.07) is 13.6. The summed E-state index contributed by atoms with van der Waals surface area (Å²) in [6.45, 7) is 0. The molecule has 0 aromatic heterocycles. The molecule has 2 aromatic rings. The van der Waals surface area contributed by atoms with E-state index in [-0.39, 0.29) is 11.7 Å². The highest BCUT2D eigenvalue weighted by Gasteiger charge is 2.34. The van der Waals surface area contributed by atoms with Gasteiger partial charge in [-0.15, -0.1) is 0 Å². The van der Waals surface area contributed by atoms with Gasteiger partial charge in [0, 0.05) is 5.69 Å². The van der Waals surface area contributed by atoms with E-state index in [0.29, 0.717) is 0 Å². The largest absolute Gasteiger partial charge is 0.418 e. The van der Waals surface area contributed by atoms with Crippen LogP contribution in [0.25, 0.3) is 0 Å². The Morgan fingerprint density at radius 3 is 2.48 bits per heavy atom. The molecule has 1 unspecified atom stereocenters. The molecule has 21 heavy (non-hydrogen) atoms. The van der Waals surface area contributed by atoms with Gasteiger partial charge in [0.05, 0.1) is 11.6 Å². The van der Waals surface area contributed by atoms with Crippen LogP contribution in [0.15, 0.2) is 48.5 Å². The van der Waals surface area contributed by atoms with Crippen LogP contribution >= 0.6 is 0 Å². The number of aryl methyl sites for hydroxylation is 1. The third kappa shape index (κ3) is 2.89. The van der Waals surface area contributed by atoms with Crippen LogP contribution in [-0.4, -0.2) is 0 Å². The first kappa shape index (κ1) is 14.0. The number of anilines is 1. The van der Waals surface area contributed by atoms with E-state index >= 15 is 0 Å². The van der Waals surface area contributed by atoms with Gasteiger partial charge >= 0.3 is 6.18 Å². The number of rotatable bonds is 2. The molecule has 0 radical (unpaired) electrons. The fraction of sp³-hybridized carbons (Fsp3) is 0.294. The average molecular weight is 291 g/mol. The van der Waals surface area contributed by atoms with Crippen molar-refractivity contribution in [1.29, 1.82) is 0 Å². The lowest BCUT2D eigenvalue weighted by atomic mass is 9.87. The number of hydrogen-bond acceptors (Lipinski definition) is 1. The summed E-state index contributed by atoms with van der Waals surface area (Å²) in [6.07, 6.45) is -1.50. The van der Waals surface area contributed by atoms with Gasteiger partial charge in [-0.05, 0) is 42.5 Å². The summed E-state index contributed by atoms with van der Waals surface area (Å²) >= 11 is 0. The Morgan fingerprint density at radius 1 is 0.952 bits per heavy atom. The van der Waals surface area contributed by atoms with Gasteiger partial charge in [-0.3, -0.25) is 0 Å². The molecule has 1 nitrogen and oxygen atoms in total. The van der Waals surface area contributed by atoms with Gasteiger partial charge in [0.15, 0.2) is 0 Å². The van der Waals surface area contributed by atoms with E-state index in [9.17, 15) is 13.2 Å². The Balaban J connectivity index is 1.92. The quantitative estimate of drug-likeness (QED) is 0.802. The number of halogens is 3. The standard InChI is InChI=1S/C17H16F3N/c18-17(19,20)14-9-3-4-10-16(14)21-15-11-5-7-12-6-1-2-8-13(12)15/h1-4,6,8-10,15,21H,5,7,11H2. The lowest BCUT2D eigenvalue weighted by Crippen LogP contribution is -2.19. The van der Waals surface area contributed by atoms with Crippen LogP contribution in [0.5, 0.6) is 0 Å². The fourth-order valence-corrected chi connectivity index (χ4v) is 2.95. The third-order valence-electron chi connectivity index (χ3n) is 3.93. The van der Waals surface area contributed by atoms with Crippen molar-refractivity contribution >= 4 is 5.69 Å². The first-order valence-electron chi connectivity index (χ1n) is 7.06. The number of alkyl halides is 3. The zero-order chi connectivity index (χ0) is 14.9. The van der Waals surface area contributed by atoms with Crippen LogP contribution in [0.3, 0.4) is 0 Å². The van der Waals surface area contributed by atoms with Crippen molar-refractivity contribution in [3.63, 3.8) is 0 Å². The Hall–Kier alpha value is -1.97. The summed E-state index contributed by atoms with van der Waals surface area (Å²) in [4.78, 5) is 0. The Labute approximate surface area is 121 Å². The summed E-state index contributed by atoms with van der Waals surface area (Å²) in [5.74, 6) is 0. The Bertz CT molecular complexity index is 634. The molecule has 110 valence electrons. The molecule has 2 aromatic carbocycles. The second-order valence-corrected chi connectivity index (χ2v) is 5.33. The lowest BCUT2D eigenvalue weighted by molar-refractivity contribution is -0.137. The van der Waals surface area contributed by atoms with Gasteiger partial charge in [-0.25, -0.2) is 0 Å². The van der Waals surface area contributed by atoms with E-state index in [1.807, 2.05) is 18.2 Å². The number of para-hydroxylation sites is 1. The molecule has 0 aliphatic heterocycles. The van der Waals surface area contributed by atoms with Gasteiger partial charge in [0.1, 0.15) is 0 Å². The maximum atomic E-state index is 13.1. The van der Waals surface area contributed by atoms with Crippen molar-refractivity contribution in [2.24, 2.45) is 0 Å². The second kappa shape index (κ2) is 5.43. The monoisotopic (exact) mass is 291 g/mol. The van der Waals surface area contributed by atoms with E-state index in [0.717, 1.165) is 30.9 Å². The van der Waals surface area contributed by atoms with Gasteiger partial charge in [-0.2, -0.15) is 13.2 Å². The van der Waals surface area contributed by atoms with E-state index in [2.05, 4.69) is 11.4 Å². The Morgan fingerprint density at radius 2 is 1.67 bits per heavy atom. The van der Waals surface area contributed by atoms with Crippen molar-refractivity contribution < 1.29 is 13.2 Å². The molecule has 1 atom stereocenters. The van der Waals surface area contributed by atoms with Crippen molar-refractivity contribution in [3.05, 3.63) is 65.2 Å². The zero-order valence-corrected chi connectivity index (χ0v) is 11.5. The van der Waals surface area contributed by atoms with E-state index < -0.39 is 11.7 Å². The number of nitrogens with one attached hydrogen (secondary N) is 1. The van der Waals surface area contributed by atoms with Gasteiger partial charge in [0.2, 0.25) is 0 Å². The molecule has 0 heterocycles. The lowest BCUT2D eigenvalue weighted by Gasteiger charge is -2.28. The maximum absolute atomic E-state index is 13.1. The zero-order valence-electron chi connectivity index (χ0n) is 11.5. The maximum Gasteiger partial charge on any atom is 0.418 e. The molecule has 1 aliphatic rings. The fourth-order valence-electron chi connectivity index (χ4n) is 2.95. The molecule has 0 saturated heterocycles. The van der Waals surface area contributed by atoms with Crippen LogP contribution < -0.4 is 5.32 Å². The highest BCUT2D eigenvalue weighted by Crippen LogP contribution is 2.38. The molecule has 0 amide bonds. The van der Waals surface area contributed by atoms with Crippen molar-refractivity contribution in [1.82, 2.24) is 0 Å². The molecular formula is C17H16F3N. The van der Waals surface area contributed by atoms with Crippen LogP contribution in [0.1, 0.15) is 35.6 Å². The molecular weight excluding hydrogens is 275 g/mol. The minimum absolute atomic E-state index is 0.0570. The summed E-state index contributed by atoms with van der Waals surface area (Å²) in [7, 11) is 0. The van der Waals surface area contributed by atoms with E-state index in [4.69, 9.17) is 0 Å². The van der Waals surface area contributed by atoms with Gasteiger partial charge in [-0.1, -0.05) is 36.4 Å². The van der Waals surface area contributed by atoms with Crippen molar-refractivity contribution in [2.45, 2.75) is 31.5 Å². The smallest absolute Gasteiger partial charge is 0.378 e. The second-order valence-electron chi connectivity index (χ2n) is 5.33. The summed E-state index contributed by atoms with van der Waals surface area (Å²) in [5.41, 5.74) is 1.89. The van der Waals surface area contributed by atoms with E-state index in [1.165, 1.54) is 17.7 Å². The Kier molecular flexibility index (Phi) is 3.62. The van der Waals surface area contributed by atoms with Crippen LogP contribution in [0.2, 0.25) is 0 Å². The van der Waals surface area contributed by atoms with Gasteiger partial charge in [0.25, 0.3) is 0 Å². The highest BCUT2D eigenvalue weighted by molar-refractivity contribution is 5.54. The summed E-state index contributed by atoms with van der Waals surface area (Å²) < 4.78 is 39.2. The minimum Gasteiger partial charge on any atom is -0.378 e. The van der Waals surface area contributed by atoms with Crippen LogP contribution in [-0.2, 0) is 12.6 Å². The average Bonchev–Trinajstić information content (AvgIpc) is 2.47. The minimum atomic E-state index is -4.34. The molecule has 0 saturated carbocycles. The van der Waals surface area contributed by atoms with Crippen LogP contribution in [0, 0.1) is 0 Å². The van der Waals surface area contributed by atoms with Gasteiger partial charge < -0.3 is 5.32 Å². The number of hydrogen-bond donors (Lipinski definition) is 1. The molecule has 0 spiro atoms. The molecule has 3 rings (SSSR count). The number of benzene rings is 2. The van der Waals surface area contributed by atoms with Crippen molar-refractivity contribution in [2.75, 3.05) is 5.32 Å². The SMILES string of the molecule is FC(F)(F)c1ccccc1NC1CCCc2ccccc21. The normalized spacial score (nSPS) is 18.1. The molecule has 1 aliphatic carbocycles. The third-order valence-corrected chi connectivity index (χ3v) is 3.93. The molecule has 0 bridgehead atoms. The molecule has 1 N–H and O–H groups in total. The van der Waals surface area contributed by atoms with Crippen LogP contribution in [0.4, 0.5) is 18.9 Å².